The summed E-state index contributed by atoms with van der Waals surface area (Å²) in [6.45, 7) is 1.74. The topological polar surface area (TPSA) is 66.6 Å². The monoisotopic (exact) mass is 307 g/mol. The molecule has 2 heterocycles. The minimum absolute atomic E-state index is 0.0147. The van der Waals surface area contributed by atoms with E-state index in [2.05, 4.69) is 0 Å². The maximum atomic E-state index is 12.4. The number of nitrogens with zero attached hydrogens (tertiary/aromatic N) is 2. The average Bonchev–Trinajstić information content (AvgIpc) is 3.05. The molecule has 1 unspecified atom stereocenters. The molecule has 5 nitrogen and oxygen atoms in total. The van der Waals surface area contributed by atoms with Gasteiger partial charge in [0.05, 0.1) is 5.92 Å². The van der Waals surface area contributed by atoms with Gasteiger partial charge in [0, 0.05) is 42.8 Å². The molecule has 2 amide bonds. The van der Waals surface area contributed by atoms with Gasteiger partial charge in [0.25, 0.3) is 0 Å². The molecule has 0 spiro atoms. The Kier molecular flexibility index (Phi) is 3.87. The molecule has 0 aromatic heterocycles. The lowest BCUT2D eigenvalue weighted by molar-refractivity contribution is -0.134. The first kappa shape index (κ1) is 14.4. The second-order valence-electron chi connectivity index (χ2n) is 5.71. The van der Waals surface area contributed by atoms with Crippen LogP contribution >= 0.6 is 11.6 Å². The first-order valence-electron chi connectivity index (χ1n) is 7.15. The zero-order chi connectivity index (χ0) is 15.0. The molecule has 2 aliphatic heterocycles. The SMILES string of the molecule is N[C@@H]1CCN(C(=O)C2CC(=O)N(c3ccc(Cl)cc3)C2)C1. The van der Waals surface area contributed by atoms with Crippen molar-refractivity contribution in [2.75, 3.05) is 24.5 Å². The van der Waals surface area contributed by atoms with Gasteiger partial charge >= 0.3 is 0 Å². The Hall–Kier alpha value is -1.59. The van der Waals surface area contributed by atoms with Gasteiger partial charge < -0.3 is 15.5 Å². The summed E-state index contributed by atoms with van der Waals surface area (Å²) in [5.41, 5.74) is 6.63. The molecule has 0 aliphatic carbocycles. The number of anilines is 1. The fourth-order valence-corrected chi connectivity index (χ4v) is 3.12. The predicted octanol–water partition coefficient (Wildman–Crippen LogP) is 1.25. The Balaban J connectivity index is 1.69. The molecule has 2 N–H and O–H groups in total. The van der Waals surface area contributed by atoms with Crippen molar-refractivity contribution >= 4 is 29.1 Å². The van der Waals surface area contributed by atoms with E-state index < -0.39 is 0 Å². The largest absolute Gasteiger partial charge is 0.341 e. The summed E-state index contributed by atoms with van der Waals surface area (Å²) in [6.07, 6.45) is 1.11. The predicted molar refractivity (Wildman–Crippen MR) is 81.1 cm³/mol. The van der Waals surface area contributed by atoms with Crippen LogP contribution in [0, 0.1) is 5.92 Å². The Morgan fingerprint density at radius 2 is 1.95 bits per heavy atom. The molecular formula is C15H18ClN3O2. The van der Waals surface area contributed by atoms with E-state index in [1.54, 1.807) is 34.1 Å². The van der Waals surface area contributed by atoms with E-state index in [1.807, 2.05) is 0 Å². The van der Waals surface area contributed by atoms with Crippen LogP contribution in [0.15, 0.2) is 24.3 Å². The second-order valence-corrected chi connectivity index (χ2v) is 6.15. The summed E-state index contributed by atoms with van der Waals surface area (Å²) in [7, 11) is 0. The lowest BCUT2D eigenvalue weighted by Gasteiger charge is -2.20. The van der Waals surface area contributed by atoms with Gasteiger partial charge in [0.15, 0.2) is 0 Å². The lowest BCUT2D eigenvalue weighted by Crippen LogP contribution is -2.37. The molecule has 0 saturated carbocycles. The summed E-state index contributed by atoms with van der Waals surface area (Å²) >= 11 is 5.86. The molecule has 6 heteroatoms. The van der Waals surface area contributed by atoms with Gasteiger partial charge in [-0.05, 0) is 30.7 Å². The van der Waals surface area contributed by atoms with E-state index in [0.29, 0.717) is 24.7 Å². The molecule has 0 bridgehead atoms. The van der Waals surface area contributed by atoms with Crippen LogP contribution in [0.2, 0.25) is 5.02 Å². The molecular weight excluding hydrogens is 290 g/mol. The number of nitrogens with two attached hydrogens (primary N) is 1. The Labute approximate surface area is 128 Å². The third-order valence-electron chi connectivity index (χ3n) is 4.15. The van der Waals surface area contributed by atoms with E-state index in [4.69, 9.17) is 17.3 Å². The van der Waals surface area contributed by atoms with Crippen LogP contribution in [0.3, 0.4) is 0 Å². The Morgan fingerprint density at radius 1 is 1.24 bits per heavy atom. The van der Waals surface area contributed by atoms with Crippen molar-refractivity contribution in [1.29, 1.82) is 0 Å². The number of carbonyl (C=O) groups is 2. The zero-order valence-electron chi connectivity index (χ0n) is 11.7. The van der Waals surface area contributed by atoms with Crippen molar-refractivity contribution in [3.05, 3.63) is 29.3 Å². The Bertz CT molecular complexity index is 561. The minimum atomic E-state index is -0.265. The number of amides is 2. The van der Waals surface area contributed by atoms with Crippen molar-refractivity contribution in [1.82, 2.24) is 4.90 Å². The summed E-state index contributed by atoms with van der Waals surface area (Å²) in [5.74, 6) is -0.231. The van der Waals surface area contributed by atoms with Crippen molar-refractivity contribution in [2.24, 2.45) is 11.7 Å². The molecule has 1 aromatic rings. The van der Waals surface area contributed by atoms with Crippen molar-refractivity contribution in [2.45, 2.75) is 18.9 Å². The highest BCUT2D eigenvalue weighted by Crippen LogP contribution is 2.28. The quantitative estimate of drug-likeness (QED) is 0.894. The highest BCUT2D eigenvalue weighted by molar-refractivity contribution is 6.30. The van der Waals surface area contributed by atoms with Crippen LogP contribution in [0.25, 0.3) is 0 Å². The van der Waals surface area contributed by atoms with E-state index in [1.165, 1.54) is 0 Å². The number of likely N-dealkylation sites (tertiary alicyclic amines) is 1. The van der Waals surface area contributed by atoms with Gasteiger partial charge in [-0.1, -0.05) is 11.6 Å². The third kappa shape index (κ3) is 2.89. The van der Waals surface area contributed by atoms with Crippen molar-refractivity contribution in [3.63, 3.8) is 0 Å². The number of hydrogen-bond acceptors (Lipinski definition) is 3. The number of carbonyl (C=O) groups excluding carboxylic acids is 2. The molecule has 2 fully saturated rings. The molecule has 21 heavy (non-hydrogen) atoms. The van der Waals surface area contributed by atoms with Crippen LogP contribution in [-0.4, -0.2) is 42.4 Å². The smallest absolute Gasteiger partial charge is 0.228 e. The summed E-state index contributed by atoms with van der Waals surface area (Å²) in [4.78, 5) is 28.0. The van der Waals surface area contributed by atoms with Crippen molar-refractivity contribution < 1.29 is 9.59 Å². The van der Waals surface area contributed by atoms with Gasteiger partial charge in [-0.3, -0.25) is 9.59 Å². The van der Waals surface area contributed by atoms with E-state index in [0.717, 1.165) is 12.1 Å². The van der Waals surface area contributed by atoms with Crippen molar-refractivity contribution in [3.8, 4) is 0 Å². The van der Waals surface area contributed by atoms with Gasteiger partial charge in [-0.2, -0.15) is 0 Å². The fourth-order valence-electron chi connectivity index (χ4n) is 2.99. The van der Waals surface area contributed by atoms with E-state index in [9.17, 15) is 9.59 Å². The molecule has 2 saturated heterocycles. The summed E-state index contributed by atoms with van der Waals surface area (Å²) in [6, 6.07) is 7.17. The molecule has 1 aromatic carbocycles. The van der Waals surface area contributed by atoms with E-state index >= 15 is 0 Å². The van der Waals surface area contributed by atoms with Gasteiger partial charge in [-0.25, -0.2) is 0 Å². The molecule has 112 valence electrons. The van der Waals surface area contributed by atoms with Crippen LogP contribution in [0.5, 0.6) is 0 Å². The first-order valence-corrected chi connectivity index (χ1v) is 7.52. The summed E-state index contributed by atoms with van der Waals surface area (Å²) < 4.78 is 0. The lowest BCUT2D eigenvalue weighted by atomic mass is 10.1. The van der Waals surface area contributed by atoms with Crippen LogP contribution in [0.4, 0.5) is 5.69 Å². The number of halogens is 1. The second kappa shape index (κ2) is 5.66. The van der Waals surface area contributed by atoms with Gasteiger partial charge in [-0.15, -0.1) is 0 Å². The van der Waals surface area contributed by atoms with E-state index in [-0.39, 0.29) is 30.2 Å². The zero-order valence-corrected chi connectivity index (χ0v) is 12.4. The van der Waals surface area contributed by atoms with Crippen LogP contribution in [-0.2, 0) is 9.59 Å². The van der Waals surface area contributed by atoms with Crippen LogP contribution in [0.1, 0.15) is 12.8 Å². The number of hydrogen-bond donors (Lipinski definition) is 1. The molecule has 3 rings (SSSR count). The number of benzene rings is 1. The average molecular weight is 308 g/mol. The highest BCUT2D eigenvalue weighted by Gasteiger charge is 2.38. The first-order chi connectivity index (χ1) is 10.0. The summed E-state index contributed by atoms with van der Waals surface area (Å²) in [5, 5.41) is 0.629. The minimum Gasteiger partial charge on any atom is -0.341 e. The van der Waals surface area contributed by atoms with Gasteiger partial charge in [0.2, 0.25) is 11.8 Å². The molecule has 0 radical (unpaired) electrons. The normalized spacial score (nSPS) is 25.7. The van der Waals surface area contributed by atoms with Crippen LogP contribution < -0.4 is 10.6 Å². The molecule has 2 atom stereocenters. The third-order valence-corrected chi connectivity index (χ3v) is 4.40. The molecule has 2 aliphatic rings. The fraction of sp³-hybridized carbons (Fsp3) is 0.467. The maximum absolute atomic E-state index is 12.4. The number of rotatable bonds is 2. The standard InChI is InChI=1S/C15H18ClN3O2/c16-11-1-3-13(4-2-11)19-8-10(7-14(19)20)15(21)18-6-5-12(17)9-18/h1-4,10,12H,5-9,17H2/t10?,12-/m1/s1. The van der Waals surface area contributed by atoms with Gasteiger partial charge in [0.1, 0.15) is 0 Å². The Morgan fingerprint density at radius 3 is 2.57 bits per heavy atom. The maximum Gasteiger partial charge on any atom is 0.228 e. The highest BCUT2D eigenvalue weighted by atomic mass is 35.5.